The first-order valence-corrected chi connectivity index (χ1v) is 14.0. The molecule has 0 aliphatic carbocycles. The molecule has 7 nitrogen and oxygen atoms in total. The molecule has 192 valence electrons. The Labute approximate surface area is 203 Å². The topological polar surface area (TPSA) is 107 Å². The van der Waals surface area contributed by atoms with Crippen molar-refractivity contribution in [2.75, 3.05) is 26.3 Å². The minimum atomic E-state index is 0.658. The van der Waals surface area contributed by atoms with Crippen molar-refractivity contribution >= 4 is 0 Å². The average molecular weight is 465 g/mol. The van der Waals surface area contributed by atoms with Gasteiger partial charge in [0.15, 0.2) is 0 Å². The Bertz CT molecular complexity index is 433. The summed E-state index contributed by atoms with van der Waals surface area (Å²) < 4.78 is 5.80. The third-order valence-corrected chi connectivity index (χ3v) is 6.22. The van der Waals surface area contributed by atoms with E-state index in [0.717, 1.165) is 26.1 Å². The Balaban J connectivity index is 3.02. The van der Waals surface area contributed by atoms with Gasteiger partial charge in [-0.3, -0.25) is 0 Å². The fourth-order valence-electron chi connectivity index (χ4n) is 4.15. The second-order valence-electron chi connectivity index (χ2n) is 9.30. The van der Waals surface area contributed by atoms with E-state index in [-0.39, 0.29) is 0 Å². The standard InChI is InChI=1S/C26H52N6O/c27-31-29-23-19-15-11-7-3-1-5-9-13-17-21-25-33-26-22-18-14-10-6-2-4-8-12-16-20-24-30-32-28/h1-26H2. The number of hydrogen-bond donors (Lipinski definition) is 0. The zero-order chi connectivity index (χ0) is 23.9. The molecule has 0 saturated heterocycles. The van der Waals surface area contributed by atoms with Crippen molar-refractivity contribution in [2.24, 2.45) is 10.2 Å². The maximum atomic E-state index is 8.21. The molecule has 0 aromatic rings. The highest BCUT2D eigenvalue weighted by atomic mass is 16.5. The van der Waals surface area contributed by atoms with Crippen LogP contribution in [0.4, 0.5) is 0 Å². The molecule has 0 radical (unpaired) electrons. The summed E-state index contributed by atoms with van der Waals surface area (Å²) in [5, 5.41) is 7.14. The lowest BCUT2D eigenvalue weighted by Crippen LogP contribution is -1.97. The van der Waals surface area contributed by atoms with Crippen molar-refractivity contribution < 1.29 is 4.74 Å². The molecule has 0 atom stereocenters. The lowest BCUT2D eigenvalue weighted by Gasteiger charge is -2.05. The van der Waals surface area contributed by atoms with Crippen molar-refractivity contribution in [1.29, 1.82) is 0 Å². The van der Waals surface area contributed by atoms with Crippen molar-refractivity contribution in [2.45, 2.75) is 141 Å². The third kappa shape index (κ3) is 30.6. The molecular weight excluding hydrogens is 412 g/mol. The van der Waals surface area contributed by atoms with Crippen LogP contribution in [0.5, 0.6) is 0 Å². The zero-order valence-electron chi connectivity index (χ0n) is 21.5. The Kier molecular flexibility index (Phi) is 29.3. The summed E-state index contributed by atoms with van der Waals surface area (Å²) in [6, 6.07) is 0. The van der Waals surface area contributed by atoms with Gasteiger partial charge in [-0.05, 0) is 36.7 Å². The molecule has 0 aromatic carbocycles. The molecule has 0 N–H and O–H groups in total. The number of ether oxygens (including phenoxy) is 1. The zero-order valence-corrected chi connectivity index (χ0v) is 21.5. The summed E-state index contributed by atoms with van der Waals surface area (Å²) in [5.74, 6) is 0. The lowest BCUT2D eigenvalue weighted by molar-refractivity contribution is 0.125. The van der Waals surface area contributed by atoms with E-state index < -0.39 is 0 Å². The van der Waals surface area contributed by atoms with Gasteiger partial charge in [0.05, 0.1) is 0 Å². The van der Waals surface area contributed by atoms with Crippen LogP contribution in [0.1, 0.15) is 141 Å². The van der Waals surface area contributed by atoms with Crippen LogP contribution in [0.2, 0.25) is 0 Å². The van der Waals surface area contributed by atoms with Gasteiger partial charge in [-0.1, -0.05) is 126 Å². The third-order valence-electron chi connectivity index (χ3n) is 6.22. The summed E-state index contributed by atoms with van der Waals surface area (Å²) in [7, 11) is 0. The highest BCUT2D eigenvalue weighted by Crippen LogP contribution is 2.13. The highest BCUT2D eigenvalue weighted by molar-refractivity contribution is 4.52. The highest BCUT2D eigenvalue weighted by Gasteiger charge is 1.96. The minimum absolute atomic E-state index is 0.658. The van der Waals surface area contributed by atoms with E-state index in [2.05, 4.69) is 20.1 Å². The van der Waals surface area contributed by atoms with Gasteiger partial charge in [-0.2, -0.15) is 0 Å². The summed E-state index contributed by atoms with van der Waals surface area (Å²) in [5.41, 5.74) is 16.4. The van der Waals surface area contributed by atoms with Crippen LogP contribution in [-0.2, 0) is 4.74 Å². The fraction of sp³-hybridized carbons (Fsp3) is 1.00. The van der Waals surface area contributed by atoms with E-state index in [1.807, 2.05) is 0 Å². The van der Waals surface area contributed by atoms with E-state index in [1.165, 1.54) is 128 Å². The molecule has 0 aromatic heterocycles. The molecule has 33 heavy (non-hydrogen) atoms. The predicted octanol–water partition coefficient (Wildman–Crippen LogP) is 10.2. The molecule has 0 saturated carbocycles. The molecule has 0 rings (SSSR count). The Hall–Kier alpha value is -1.42. The molecular formula is C26H52N6O. The van der Waals surface area contributed by atoms with Gasteiger partial charge in [0.2, 0.25) is 0 Å². The van der Waals surface area contributed by atoms with E-state index in [4.69, 9.17) is 15.8 Å². The van der Waals surface area contributed by atoms with Crippen LogP contribution in [0, 0.1) is 0 Å². The first kappa shape index (κ1) is 31.6. The number of unbranched alkanes of at least 4 members (excludes halogenated alkanes) is 20. The van der Waals surface area contributed by atoms with Crippen molar-refractivity contribution in [3.8, 4) is 0 Å². The molecule has 0 bridgehead atoms. The van der Waals surface area contributed by atoms with Gasteiger partial charge in [-0.25, -0.2) is 0 Å². The molecule has 0 aliphatic rings. The SMILES string of the molecule is [N-]=[N+]=NCCCCCCCCCCCCCOCCCCCCCCCCCCCN=[N+]=[N-]. The van der Waals surface area contributed by atoms with Gasteiger partial charge >= 0.3 is 0 Å². The van der Waals surface area contributed by atoms with Gasteiger partial charge in [0, 0.05) is 36.1 Å². The van der Waals surface area contributed by atoms with Crippen molar-refractivity contribution in [1.82, 2.24) is 0 Å². The van der Waals surface area contributed by atoms with E-state index in [9.17, 15) is 0 Å². The smallest absolute Gasteiger partial charge is 0.0466 e. The number of nitrogens with zero attached hydrogens (tertiary/aromatic N) is 6. The summed E-state index contributed by atoms with van der Waals surface area (Å²) >= 11 is 0. The quantitative estimate of drug-likeness (QED) is 0.0488. The maximum absolute atomic E-state index is 8.21. The van der Waals surface area contributed by atoms with Gasteiger partial charge in [0.1, 0.15) is 0 Å². The molecule has 7 heteroatoms. The van der Waals surface area contributed by atoms with Crippen LogP contribution in [0.15, 0.2) is 10.2 Å². The number of rotatable bonds is 28. The van der Waals surface area contributed by atoms with Gasteiger partial charge in [0.25, 0.3) is 0 Å². The number of azide groups is 2. The number of hydrogen-bond acceptors (Lipinski definition) is 3. The van der Waals surface area contributed by atoms with E-state index >= 15 is 0 Å². The Morgan fingerprint density at radius 3 is 0.879 bits per heavy atom. The first-order valence-electron chi connectivity index (χ1n) is 14.0. The van der Waals surface area contributed by atoms with Crippen LogP contribution in [0.3, 0.4) is 0 Å². The first-order chi connectivity index (χ1) is 16.4. The van der Waals surface area contributed by atoms with E-state index in [1.54, 1.807) is 0 Å². The second kappa shape index (κ2) is 30.6. The van der Waals surface area contributed by atoms with Crippen LogP contribution >= 0.6 is 0 Å². The summed E-state index contributed by atoms with van der Waals surface area (Å²) in [6.07, 6.45) is 28.4. The average Bonchev–Trinajstić information content (AvgIpc) is 2.83. The fourth-order valence-corrected chi connectivity index (χ4v) is 4.15. The lowest BCUT2D eigenvalue weighted by atomic mass is 10.1. The molecule has 0 aliphatic heterocycles. The Morgan fingerprint density at radius 1 is 0.364 bits per heavy atom. The van der Waals surface area contributed by atoms with Crippen LogP contribution in [-0.4, -0.2) is 26.3 Å². The van der Waals surface area contributed by atoms with E-state index in [0.29, 0.717) is 13.1 Å². The normalized spacial score (nSPS) is 10.7. The summed E-state index contributed by atoms with van der Waals surface area (Å²) in [4.78, 5) is 5.56. The molecule has 0 spiro atoms. The van der Waals surface area contributed by atoms with Crippen LogP contribution in [0.25, 0.3) is 20.9 Å². The maximum Gasteiger partial charge on any atom is 0.0466 e. The van der Waals surface area contributed by atoms with Crippen molar-refractivity contribution in [3.63, 3.8) is 0 Å². The van der Waals surface area contributed by atoms with Crippen molar-refractivity contribution in [3.05, 3.63) is 20.9 Å². The predicted molar refractivity (Wildman–Crippen MR) is 140 cm³/mol. The second-order valence-corrected chi connectivity index (χ2v) is 9.30. The minimum Gasteiger partial charge on any atom is -0.381 e. The Morgan fingerprint density at radius 2 is 0.606 bits per heavy atom. The van der Waals surface area contributed by atoms with Gasteiger partial charge in [-0.15, -0.1) is 0 Å². The molecule has 0 amide bonds. The summed E-state index contributed by atoms with van der Waals surface area (Å²) in [6.45, 7) is 3.20. The van der Waals surface area contributed by atoms with Crippen LogP contribution < -0.4 is 0 Å². The van der Waals surface area contributed by atoms with Gasteiger partial charge < -0.3 is 4.74 Å². The molecule has 0 heterocycles. The largest absolute Gasteiger partial charge is 0.381 e. The molecule has 0 fully saturated rings. The molecule has 0 unspecified atom stereocenters. The monoisotopic (exact) mass is 464 g/mol.